The molecule has 24 heavy (non-hydrogen) atoms. The highest BCUT2D eigenvalue weighted by Gasteiger charge is 2.15. The van der Waals surface area contributed by atoms with Gasteiger partial charge in [-0.2, -0.15) is 0 Å². The second-order valence-electron chi connectivity index (χ2n) is 5.32. The SMILES string of the molecule is Cc1cccc(NC(=O)Cc2nc(-c3c(F)cccc3F)cs2)c1. The van der Waals surface area contributed by atoms with Crippen LogP contribution in [0.4, 0.5) is 14.5 Å². The molecule has 3 aromatic rings. The van der Waals surface area contributed by atoms with Crippen molar-refractivity contribution in [1.82, 2.24) is 4.98 Å². The summed E-state index contributed by atoms with van der Waals surface area (Å²) in [4.78, 5) is 16.3. The van der Waals surface area contributed by atoms with E-state index in [-0.39, 0.29) is 23.6 Å². The fourth-order valence-electron chi connectivity index (χ4n) is 2.31. The molecule has 0 spiro atoms. The Balaban J connectivity index is 1.73. The zero-order valence-electron chi connectivity index (χ0n) is 12.8. The van der Waals surface area contributed by atoms with Crippen molar-refractivity contribution in [3.63, 3.8) is 0 Å². The summed E-state index contributed by atoms with van der Waals surface area (Å²) in [6, 6.07) is 11.1. The van der Waals surface area contributed by atoms with Crippen LogP contribution in [0.15, 0.2) is 47.8 Å². The van der Waals surface area contributed by atoms with Crippen LogP contribution in [0.3, 0.4) is 0 Å². The van der Waals surface area contributed by atoms with Gasteiger partial charge in [-0.1, -0.05) is 18.2 Å². The lowest BCUT2D eigenvalue weighted by Gasteiger charge is -2.04. The summed E-state index contributed by atoms with van der Waals surface area (Å²) >= 11 is 1.20. The third-order valence-electron chi connectivity index (χ3n) is 3.38. The monoisotopic (exact) mass is 344 g/mol. The van der Waals surface area contributed by atoms with Crippen LogP contribution < -0.4 is 5.32 Å². The van der Waals surface area contributed by atoms with Gasteiger partial charge in [0, 0.05) is 11.1 Å². The van der Waals surface area contributed by atoms with E-state index in [1.165, 1.54) is 29.5 Å². The fraction of sp³-hybridized carbons (Fsp3) is 0.111. The normalized spacial score (nSPS) is 10.6. The molecule has 0 aliphatic heterocycles. The van der Waals surface area contributed by atoms with Gasteiger partial charge in [-0.05, 0) is 36.8 Å². The number of amides is 1. The van der Waals surface area contributed by atoms with Gasteiger partial charge in [0.2, 0.25) is 5.91 Å². The average Bonchev–Trinajstić information content (AvgIpc) is 2.95. The van der Waals surface area contributed by atoms with E-state index in [9.17, 15) is 13.6 Å². The zero-order valence-corrected chi connectivity index (χ0v) is 13.7. The Morgan fingerprint density at radius 1 is 1.17 bits per heavy atom. The van der Waals surface area contributed by atoms with E-state index in [1.54, 1.807) is 11.4 Å². The van der Waals surface area contributed by atoms with E-state index in [2.05, 4.69) is 10.3 Å². The lowest BCUT2D eigenvalue weighted by atomic mass is 10.1. The maximum atomic E-state index is 13.8. The minimum Gasteiger partial charge on any atom is -0.326 e. The summed E-state index contributed by atoms with van der Waals surface area (Å²) < 4.78 is 27.6. The van der Waals surface area contributed by atoms with Crippen LogP contribution >= 0.6 is 11.3 Å². The first kappa shape index (κ1) is 16.3. The van der Waals surface area contributed by atoms with Gasteiger partial charge >= 0.3 is 0 Å². The first-order valence-electron chi connectivity index (χ1n) is 7.28. The smallest absolute Gasteiger partial charge is 0.231 e. The molecule has 0 bridgehead atoms. The quantitative estimate of drug-likeness (QED) is 0.753. The summed E-state index contributed by atoms with van der Waals surface area (Å²) in [6.07, 6.45) is 0.0503. The summed E-state index contributed by atoms with van der Waals surface area (Å²) in [7, 11) is 0. The lowest BCUT2D eigenvalue weighted by molar-refractivity contribution is -0.115. The van der Waals surface area contributed by atoms with Crippen LogP contribution in [0.5, 0.6) is 0 Å². The average molecular weight is 344 g/mol. The molecule has 6 heteroatoms. The van der Waals surface area contributed by atoms with Crippen molar-refractivity contribution >= 4 is 22.9 Å². The van der Waals surface area contributed by atoms with Gasteiger partial charge in [0.25, 0.3) is 0 Å². The Morgan fingerprint density at radius 3 is 2.58 bits per heavy atom. The number of hydrogen-bond acceptors (Lipinski definition) is 3. The molecule has 0 atom stereocenters. The van der Waals surface area contributed by atoms with Crippen molar-refractivity contribution in [2.75, 3.05) is 5.32 Å². The molecular weight excluding hydrogens is 330 g/mol. The molecule has 1 amide bonds. The van der Waals surface area contributed by atoms with Gasteiger partial charge in [0.1, 0.15) is 16.6 Å². The standard InChI is InChI=1S/C18H14F2N2OS/c1-11-4-2-5-12(8-11)21-16(23)9-17-22-15(10-24-17)18-13(19)6-3-7-14(18)20/h2-8,10H,9H2,1H3,(H,21,23). The molecule has 1 N–H and O–H groups in total. The first-order chi connectivity index (χ1) is 11.5. The summed E-state index contributed by atoms with van der Waals surface area (Å²) in [5.74, 6) is -1.57. The Morgan fingerprint density at radius 2 is 1.88 bits per heavy atom. The highest BCUT2D eigenvalue weighted by atomic mass is 32.1. The molecule has 3 nitrogen and oxygen atoms in total. The second-order valence-corrected chi connectivity index (χ2v) is 6.26. The first-order valence-corrected chi connectivity index (χ1v) is 8.16. The number of aryl methyl sites for hydroxylation is 1. The molecular formula is C18H14F2N2OS. The number of thiazole rings is 1. The number of carbonyl (C=O) groups excluding carboxylic acids is 1. The Kier molecular flexibility index (Phi) is 4.66. The molecule has 3 rings (SSSR count). The fourth-order valence-corrected chi connectivity index (χ4v) is 3.10. The summed E-state index contributed by atoms with van der Waals surface area (Å²) in [6.45, 7) is 1.94. The predicted molar refractivity (Wildman–Crippen MR) is 91.0 cm³/mol. The molecule has 0 aliphatic carbocycles. The number of aromatic nitrogens is 1. The summed E-state index contributed by atoms with van der Waals surface area (Å²) in [5, 5.41) is 4.83. The van der Waals surface area contributed by atoms with Crippen molar-refractivity contribution < 1.29 is 13.6 Å². The van der Waals surface area contributed by atoms with Gasteiger partial charge < -0.3 is 5.32 Å². The molecule has 0 aliphatic rings. The van der Waals surface area contributed by atoms with E-state index in [4.69, 9.17) is 0 Å². The molecule has 0 saturated heterocycles. The Bertz CT molecular complexity index is 872. The molecule has 1 heterocycles. The van der Waals surface area contributed by atoms with Crippen LogP contribution in [0.25, 0.3) is 11.3 Å². The van der Waals surface area contributed by atoms with E-state index in [0.717, 1.165) is 5.56 Å². The molecule has 0 fully saturated rings. The minimum absolute atomic E-state index is 0.0503. The van der Waals surface area contributed by atoms with E-state index in [0.29, 0.717) is 10.7 Å². The van der Waals surface area contributed by atoms with Crippen LogP contribution in [0.2, 0.25) is 0 Å². The van der Waals surface area contributed by atoms with Crippen LogP contribution in [0.1, 0.15) is 10.6 Å². The third kappa shape index (κ3) is 3.65. The van der Waals surface area contributed by atoms with Crippen molar-refractivity contribution in [1.29, 1.82) is 0 Å². The number of carbonyl (C=O) groups is 1. The largest absolute Gasteiger partial charge is 0.326 e. The Hall–Kier alpha value is -2.60. The second kappa shape index (κ2) is 6.88. The number of anilines is 1. The van der Waals surface area contributed by atoms with Gasteiger partial charge in [0.05, 0.1) is 17.7 Å². The molecule has 122 valence electrons. The van der Waals surface area contributed by atoms with Gasteiger partial charge in [-0.15, -0.1) is 11.3 Å². The van der Waals surface area contributed by atoms with E-state index >= 15 is 0 Å². The topological polar surface area (TPSA) is 42.0 Å². The van der Waals surface area contributed by atoms with Crippen LogP contribution in [-0.2, 0) is 11.2 Å². The summed E-state index contributed by atoms with van der Waals surface area (Å²) in [5.41, 5.74) is 1.78. The zero-order chi connectivity index (χ0) is 17.1. The number of halogens is 2. The van der Waals surface area contributed by atoms with Crippen LogP contribution in [0, 0.1) is 18.6 Å². The van der Waals surface area contributed by atoms with Gasteiger partial charge in [-0.25, -0.2) is 13.8 Å². The highest BCUT2D eigenvalue weighted by Crippen LogP contribution is 2.27. The number of rotatable bonds is 4. The molecule has 2 aromatic carbocycles. The van der Waals surface area contributed by atoms with Gasteiger partial charge in [0.15, 0.2) is 0 Å². The molecule has 0 radical (unpaired) electrons. The van der Waals surface area contributed by atoms with Crippen molar-refractivity contribution in [2.24, 2.45) is 0 Å². The lowest BCUT2D eigenvalue weighted by Crippen LogP contribution is -2.14. The number of nitrogens with zero attached hydrogens (tertiary/aromatic N) is 1. The number of nitrogens with one attached hydrogen (secondary N) is 1. The Labute approximate surface area is 142 Å². The molecule has 0 unspecified atom stereocenters. The minimum atomic E-state index is -0.670. The van der Waals surface area contributed by atoms with E-state index in [1.807, 2.05) is 25.1 Å². The molecule has 0 saturated carbocycles. The number of hydrogen-bond donors (Lipinski definition) is 1. The maximum Gasteiger partial charge on any atom is 0.231 e. The third-order valence-corrected chi connectivity index (χ3v) is 4.23. The van der Waals surface area contributed by atoms with Crippen molar-refractivity contribution in [3.8, 4) is 11.3 Å². The predicted octanol–water partition coefficient (Wildman–Crippen LogP) is 4.58. The van der Waals surface area contributed by atoms with Gasteiger partial charge in [-0.3, -0.25) is 4.79 Å². The van der Waals surface area contributed by atoms with Crippen molar-refractivity contribution in [3.05, 3.63) is 70.1 Å². The maximum absolute atomic E-state index is 13.8. The van der Waals surface area contributed by atoms with Crippen molar-refractivity contribution in [2.45, 2.75) is 13.3 Å². The molecule has 1 aromatic heterocycles. The number of benzene rings is 2. The highest BCUT2D eigenvalue weighted by molar-refractivity contribution is 7.10. The van der Waals surface area contributed by atoms with Crippen LogP contribution in [-0.4, -0.2) is 10.9 Å². The van der Waals surface area contributed by atoms with E-state index < -0.39 is 11.6 Å².